The van der Waals surface area contributed by atoms with Gasteiger partial charge in [0.1, 0.15) is 17.9 Å². The maximum atomic E-state index is 13.6. The van der Waals surface area contributed by atoms with Gasteiger partial charge >= 0.3 is 5.69 Å². The van der Waals surface area contributed by atoms with Gasteiger partial charge in [-0.15, -0.1) is 21.5 Å². The molecule has 5 rings (SSSR count). The van der Waals surface area contributed by atoms with Crippen LogP contribution in [-0.2, 0) is 17.9 Å². The predicted octanol–water partition coefficient (Wildman–Crippen LogP) is 2.39. The standard InChI is InChI=1S/C22H23N5O4S/c1-30-13-19-25-24-18(31-19)12-26-16-11-17(14-5-3-2-4-6-14)32-20(16)21(28)27(22(26)29)15-7-9-23-10-8-15/h2-6,11,15,23H,7-10,12-13H2,1H3. The molecule has 0 atom stereocenters. The van der Waals surface area contributed by atoms with Crippen molar-refractivity contribution >= 4 is 21.6 Å². The van der Waals surface area contributed by atoms with Gasteiger partial charge in [0, 0.05) is 18.0 Å². The number of hydrogen-bond donors (Lipinski definition) is 1. The van der Waals surface area contributed by atoms with Crippen LogP contribution < -0.4 is 16.6 Å². The van der Waals surface area contributed by atoms with Gasteiger partial charge in [0.05, 0.1) is 5.52 Å². The van der Waals surface area contributed by atoms with E-state index in [0.29, 0.717) is 22.0 Å². The van der Waals surface area contributed by atoms with Gasteiger partial charge in [-0.2, -0.15) is 0 Å². The van der Waals surface area contributed by atoms with Crippen LogP contribution in [0.25, 0.3) is 20.7 Å². The second-order valence-corrected chi connectivity index (χ2v) is 8.79. The monoisotopic (exact) mass is 453 g/mol. The van der Waals surface area contributed by atoms with Crippen molar-refractivity contribution in [3.05, 3.63) is 69.0 Å². The topological polar surface area (TPSA) is 104 Å². The molecule has 1 aliphatic rings. The van der Waals surface area contributed by atoms with Gasteiger partial charge < -0.3 is 14.5 Å². The van der Waals surface area contributed by atoms with Crippen molar-refractivity contribution in [2.45, 2.75) is 32.0 Å². The molecule has 1 aromatic carbocycles. The van der Waals surface area contributed by atoms with Crippen LogP contribution in [0.1, 0.15) is 30.7 Å². The Balaban J connectivity index is 1.68. The van der Waals surface area contributed by atoms with Crippen molar-refractivity contribution in [3.63, 3.8) is 0 Å². The molecule has 4 aromatic rings. The molecule has 1 N–H and O–H groups in total. The lowest BCUT2D eigenvalue weighted by atomic mass is 10.1. The molecule has 1 saturated heterocycles. The fourth-order valence-corrected chi connectivity index (χ4v) is 5.22. The molecule has 3 aromatic heterocycles. The fourth-order valence-electron chi connectivity index (χ4n) is 4.12. The summed E-state index contributed by atoms with van der Waals surface area (Å²) in [5.41, 5.74) is 1.01. The summed E-state index contributed by atoms with van der Waals surface area (Å²) in [7, 11) is 1.54. The third kappa shape index (κ3) is 3.81. The zero-order valence-corrected chi connectivity index (χ0v) is 18.4. The zero-order valence-electron chi connectivity index (χ0n) is 17.6. The average molecular weight is 454 g/mol. The molecule has 10 heteroatoms. The third-order valence-corrected chi connectivity index (χ3v) is 6.82. The summed E-state index contributed by atoms with van der Waals surface area (Å²) in [4.78, 5) is 28.0. The smallest absolute Gasteiger partial charge is 0.332 e. The molecule has 1 aliphatic heterocycles. The highest BCUT2D eigenvalue weighted by Crippen LogP contribution is 2.32. The molecule has 0 radical (unpaired) electrons. The quantitative estimate of drug-likeness (QED) is 0.478. The van der Waals surface area contributed by atoms with E-state index in [2.05, 4.69) is 15.5 Å². The molecule has 0 bridgehead atoms. The van der Waals surface area contributed by atoms with E-state index in [9.17, 15) is 9.59 Å². The maximum Gasteiger partial charge on any atom is 0.332 e. The highest BCUT2D eigenvalue weighted by Gasteiger charge is 2.24. The highest BCUT2D eigenvalue weighted by atomic mass is 32.1. The van der Waals surface area contributed by atoms with Gasteiger partial charge in [-0.05, 0) is 37.6 Å². The van der Waals surface area contributed by atoms with Gasteiger partial charge in [-0.3, -0.25) is 13.9 Å². The van der Waals surface area contributed by atoms with Crippen molar-refractivity contribution in [2.24, 2.45) is 0 Å². The predicted molar refractivity (Wildman–Crippen MR) is 121 cm³/mol. The SMILES string of the molecule is COCc1nnc(Cn2c(=O)n(C3CCNCC3)c(=O)c3sc(-c4ccccc4)cc32)o1. The van der Waals surface area contributed by atoms with Crippen molar-refractivity contribution in [3.8, 4) is 10.4 Å². The van der Waals surface area contributed by atoms with Crippen molar-refractivity contribution < 1.29 is 9.15 Å². The van der Waals surface area contributed by atoms with Gasteiger partial charge in [0.25, 0.3) is 5.56 Å². The molecule has 0 saturated carbocycles. The van der Waals surface area contributed by atoms with Crippen LogP contribution in [0.2, 0.25) is 0 Å². The minimum absolute atomic E-state index is 0.0856. The third-order valence-electron chi connectivity index (χ3n) is 5.66. The van der Waals surface area contributed by atoms with E-state index in [1.54, 1.807) is 11.7 Å². The molecule has 166 valence electrons. The lowest BCUT2D eigenvalue weighted by molar-refractivity contribution is 0.158. The highest BCUT2D eigenvalue weighted by molar-refractivity contribution is 7.22. The first kappa shape index (κ1) is 20.8. The summed E-state index contributed by atoms with van der Waals surface area (Å²) in [6.45, 7) is 1.83. The number of methoxy groups -OCH3 is 1. The number of nitrogens with one attached hydrogen (secondary N) is 1. The minimum Gasteiger partial charge on any atom is -0.421 e. The Bertz CT molecular complexity index is 1350. The minimum atomic E-state index is -0.349. The first-order chi connectivity index (χ1) is 15.7. The van der Waals surface area contributed by atoms with E-state index in [1.165, 1.54) is 15.9 Å². The lowest BCUT2D eigenvalue weighted by Crippen LogP contribution is -2.45. The number of rotatable bonds is 6. The van der Waals surface area contributed by atoms with E-state index in [1.807, 2.05) is 36.4 Å². The Hall–Kier alpha value is -3.08. The Morgan fingerprint density at radius 1 is 1.16 bits per heavy atom. The van der Waals surface area contributed by atoms with Gasteiger partial charge in [0.2, 0.25) is 11.8 Å². The van der Waals surface area contributed by atoms with Gasteiger partial charge in [-0.25, -0.2) is 4.79 Å². The van der Waals surface area contributed by atoms with Crippen LogP contribution in [-0.4, -0.2) is 39.5 Å². The molecule has 0 unspecified atom stereocenters. The van der Waals surface area contributed by atoms with Crippen molar-refractivity contribution in [1.82, 2.24) is 24.6 Å². The van der Waals surface area contributed by atoms with E-state index < -0.39 is 0 Å². The second kappa shape index (κ2) is 8.81. The molecule has 0 spiro atoms. The normalized spacial score (nSPS) is 14.9. The summed E-state index contributed by atoms with van der Waals surface area (Å²) >= 11 is 1.41. The number of thiophene rings is 1. The number of ether oxygens (including phenoxy) is 1. The fraction of sp³-hybridized carbons (Fsp3) is 0.364. The summed E-state index contributed by atoms with van der Waals surface area (Å²) in [5, 5.41) is 11.3. The van der Waals surface area contributed by atoms with Crippen LogP contribution in [0.15, 0.2) is 50.4 Å². The van der Waals surface area contributed by atoms with Crippen LogP contribution >= 0.6 is 11.3 Å². The van der Waals surface area contributed by atoms with Crippen LogP contribution in [0, 0.1) is 0 Å². The van der Waals surface area contributed by atoms with E-state index in [0.717, 1.165) is 36.4 Å². The second-order valence-electron chi connectivity index (χ2n) is 7.74. The Labute approximate surface area is 187 Å². The van der Waals surface area contributed by atoms with E-state index >= 15 is 0 Å². The summed E-state index contributed by atoms with van der Waals surface area (Å²) in [6.07, 6.45) is 1.46. The number of fused-ring (bicyclic) bond motifs is 1. The molecule has 9 nitrogen and oxygen atoms in total. The van der Waals surface area contributed by atoms with Crippen LogP contribution in [0.4, 0.5) is 0 Å². The Kier molecular flexibility index (Phi) is 5.73. The lowest BCUT2D eigenvalue weighted by Gasteiger charge is -2.24. The maximum absolute atomic E-state index is 13.6. The molecule has 4 heterocycles. The molecule has 32 heavy (non-hydrogen) atoms. The summed E-state index contributed by atoms with van der Waals surface area (Å²) in [5.74, 6) is 0.636. The van der Waals surface area contributed by atoms with Gasteiger partial charge in [-0.1, -0.05) is 30.3 Å². The van der Waals surface area contributed by atoms with Crippen molar-refractivity contribution in [2.75, 3.05) is 20.2 Å². The number of benzene rings is 1. The number of hydrogen-bond acceptors (Lipinski definition) is 8. The van der Waals surface area contributed by atoms with Crippen LogP contribution in [0.5, 0.6) is 0 Å². The molecule has 0 aliphatic carbocycles. The number of piperidine rings is 1. The number of aromatic nitrogens is 4. The molecule has 1 fully saturated rings. The molecule has 0 amide bonds. The van der Waals surface area contributed by atoms with E-state index in [-0.39, 0.29) is 30.4 Å². The summed E-state index contributed by atoms with van der Waals surface area (Å²) in [6, 6.07) is 11.6. The largest absolute Gasteiger partial charge is 0.421 e. The average Bonchev–Trinajstić information content (AvgIpc) is 3.46. The molecular weight excluding hydrogens is 430 g/mol. The first-order valence-corrected chi connectivity index (χ1v) is 11.3. The Morgan fingerprint density at radius 3 is 2.66 bits per heavy atom. The number of nitrogens with zero attached hydrogens (tertiary/aromatic N) is 4. The van der Waals surface area contributed by atoms with Crippen molar-refractivity contribution in [1.29, 1.82) is 0 Å². The van der Waals surface area contributed by atoms with E-state index in [4.69, 9.17) is 9.15 Å². The molecular formula is C22H23N5O4S. The zero-order chi connectivity index (χ0) is 22.1. The Morgan fingerprint density at radius 2 is 1.91 bits per heavy atom. The van der Waals surface area contributed by atoms with Gasteiger partial charge in [0.15, 0.2) is 0 Å². The van der Waals surface area contributed by atoms with Crippen LogP contribution in [0.3, 0.4) is 0 Å². The first-order valence-electron chi connectivity index (χ1n) is 10.5. The summed E-state index contributed by atoms with van der Waals surface area (Å²) < 4.78 is 14.2.